The van der Waals surface area contributed by atoms with E-state index in [-0.39, 0.29) is 0 Å². The Bertz CT molecular complexity index is 375. The molecule has 98 valence electrons. The van der Waals surface area contributed by atoms with Crippen molar-refractivity contribution in [2.24, 2.45) is 5.92 Å². The summed E-state index contributed by atoms with van der Waals surface area (Å²) in [6, 6.07) is 7.30. The summed E-state index contributed by atoms with van der Waals surface area (Å²) in [4.78, 5) is 12.2. The van der Waals surface area contributed by atoms with Crippen LogP contribution in [0, 0.1) is 5.92 Å². The maximum atomic E-state index is 10.5. The van der Waals surface area contributed by atoms with Gasteiger partial charge < -0.3 is 9.64 Å². The van der Waals surface area contributed by atoms with E-state index in [0.29, 0.717) is 5.56 Å². The number of likely N-dealkylation sites (tertiary alicyclic amines) is 1. The normalized spacial score (nSPS) is 23.6. The Balaban J connectivity index is 1.72. The second-order valence-corrected chi connectivity index (χ2v) is 5.24. The van der Waals surface area contributed by atoms with Crippen molar-refractivity contribution in [1.82, 2.24) is 0 Å². The summed E-state index contributed by atoms with van der Waals surface area (Å²) >= 11 is 0. The minimum atomic E-state index is 0.692. The summed E-state index contributed by atoms with van der Waals surface area (Å²) in [6.45, 7) is 6.70. The van der Waals surface area contributed by atoms with Crippen molar-refractivity contribution in [2.45, 2.75) is 19.8 Å². The molecule has 0 spiro atoms. The molecule has 1 heterocycles. The number of carbonyl (C=O) groups excluding carboxylic acids is 1. The van der Waals surface area contributed by atoms with E-state index < -0.39 is 0 Å². The molecule has 0 aliphatic carbocycles. The molecule has 1 fully saturated rings. The van der Waals surface area contributed by atoms with E-state index in [1.54, 1.807) is 17.0 Å². The van der Waals surface area contributed by atoms with Gasteiger partial charge in [0.1, 0.15) is 25.2 Å². The van der Waals surface area contributed by atoms with Crippen LogP contribution in [0.15, 0.2) is 24.3 Å². The highest BCUT2D eigenvalue weighted by Gasteiger charge is 2.18. The first-order chi connectivity index (χ1) is 8.78. The average Bonchev–Trinajstić information content (AvgIpc) is 2.40. The monoisotopic (exact) mass is 248 g/mol. The molecule has 1 N–H and O–H groups in total. The van der Waals surface area contributed by atoms with Crippen molar-refractivity contribution in [2.75, 3.05) is 26.2 Å². The number of piperidine rings is 1. The lowest BCUT2D eigenvalue weighted by molar-refractivity contribution is -0.908. The molecule has 0 aromatic heterocycles. The topological polar surface area (TPSA) is 30.7 Å². The van der Waals surface area contributed by atoms with E-state index >= 15 is 0 Å². The molecule has 0 radical (unpaired) electrons. The highest BCUT2D eigenvalue weighted by Crippen LogP contribution is 2.10. The van der Waals surface area contributed by atoms with E-state index in [4.69, 9.17) is 4.74 Å². The minimum absolute atomic E-state index is 0.692. The third-order valence-corrected chi connectivity index (χ3v) is 3.60. The predicted octanol–water partition coefficient (Wildman–Crippen LogP) is 1.19. The number of hydrogen-bond acceptors (Lipinski definition) is 2. The highest BCUT2D eigenvalue weighted by molar-refractivity contribution is 5.74. The average molecular weight is 248 g/mol. The molecule has 18 heavy (non-hydrogen) atoms. The van der Waals surface area contributed by atoms with Crippen LogP contribution in [0.1, 0.15) is 30.1 Å². The lowest BCUT2D eigenvalue weighted by Crippen LogP contribution is -3.14. The molecule has 0 amide bonds. The zero-order valence-corrected chi connectivity index (χ0v) is 11.0. The second kappa shape index (κ2) is 6.55. The van der Waals surface area contributed by atoms with Crippen LogP contribution in [-0.2, 0) is 0 Å². The first kappa shape index (κ1) is 13.1. The van der Waals surface area contributed by atoms with Crippen LogP contribution in [-0.4, -0.2) is 32.5 Å². The van der Waals surface area contributed by atoms with Gasteiger partial charge in [-0.3, -0.25) is 4.79 Å². The van der Waals surface area contributed by atoms with Gasteiger partial charge in [-0.2, -0.15) is 0 Å². The van der Waals surface area contributed by atoms with Crippen LogP contribution < -0.4 is 9.64 Å². The van der Waals surface area contributed by atoms with E-state index in [1.807, 2.05) is 12.1 Å². The fourth-order valence-corrected chi connectivity index (χ4v) is 2.58. The van der Waals surface area contributed by atoms with Crippen molar-refractivity contribution < 1.29 is 14.4 Å². The van der Waals surface area contributed by atoms with Crippen molar-refractivity contribution in [1.29, 1.82) is 0 Å². The number of ether oxygens (including phenoxy) is 1. The van der Waals surface area contributed by atoms with Gasteiger partial charge in [0.05, 0.1) is 13.1 Å². The van der Waals surface area contributed by atoms with E-state index in [9.17, 15) is 4.79 Å². The van der Waals surface area contributed by atoms with Crippen molar-refractivity contribution in [3.8, 4) is 5.75 Å². The highest BCUT2D eigenvalue weighted by atomic mass is 16.5. The summed E-state index contributed by atoms with van der Waals surface area (Å²) < 4.78 is 5.71. The molecule has 3 nitrogen and oxygen atoms in total. The predicted molar refractivity (Wildman–Crippen MR) is 71.3 cm³/mol. The lowest BCUT2D eigenvalue weighted by atomic mass is 10.0. The molecule has 1 unspecified atom stereocenters. The first-order valence-electron chi connectivity index (χ1n) is 6.79. The summed E-state index contributed by atoms with van der Waals surface area (Å²) in [5.74, 6) is 1.70. The Kier molecular flexibility index (Phi) is 4.76. The van der Waals surface area contributed by atoms with Gasteiger partial charge in [-0.1, -0.05) is 6.92 Å². The fraction of sp³-hybridized carbons (Fsp3) is 0.533. The van der Waals surface area contributed by atoms with Crippen LogP contribution in [0.3, 0.4) is 0 Å². The Hall–Kier alpha value is -1.35. The van der Waals surface area contributed by atoms with Gasteiger partial charge in [-0.15, -0.1) is 0 Å². The quantitative estimate of drug-likeness (QED) is 0.794. The third kappa shape index (κ3) is 3.84. The lowest BCUT2D eigenvalue weighted by Gasteiger charge is -2.27. The smallest absolute Gasteiger partial charge is 0.150 e. The van der Waals surface area contributed by atoms with Gasteiger partial charge >= 0.3 is 0 Å². The van der Waals surface area contributed by atoms with Gasteiger partial charge in [0.15, 0.2) is 0 Å². The zero-order chi connectivity index (χ0) is 12.8. The van der Waals surface area contributed by atoms with E-state index in [0.717, 1.165) is 31.1 Å². The number of quaternary nitrogens is 1. The molecule has 0 saturated carbocycles. The minimum Gasteiger partial charge on any atom is -0.488 e. The van der Waals surface area contributed by atoms with E-state index in [2.05, 4.69) is 6.92 Å². The zero-order valence-electron chi connectivity index (χ0n) is 11.0. The van der Waals surface area contributed by atoms with Gasteiger partial charge in [0.25, 0.3) is 0 Å². The third-order valence-electron chi connectivity index (χ3n) is 3.60. The SMILES string of the molecule is C[C@H]1CCC[NH+](CCOc2ccc(C=O)cc2)C1. The molecule has 3 heteroatoms. The van der Waals surface area contributed by atoms with Crippen LogP contribution in [0.2, 0.25) is 0 Å². The number of carbonyl (C=O) groups is 1. The maximum Gasteiger partial charge on any atom is 0.150 e. The number of benzene rings is 1. The molecule has 1 aromatic rings. The summed E-state index contributed by atoms with van der Waals surface area (Å²) in [6.07, 6.45) is 3.56. The summed E-state index contributed by atoms with van der Waals surface area (Å²) in [5, 5.41) is 0. The van der Waals surface area contributed by atoms with Crippen LogP contribution in [0.5, 0.6) is 5.75 Å². The standard InChI is InChI=1S/C15H21NO2/c1-13-3-2-8-16(11-13)9-10-18-15-6-4-14(12-17)5-7-15/h4-7,12-13H,2-3,8-11H2,1H3/p+1/t13-/m0/s1. The Morgan fingerprint density at radius 1 is 1.39 bits per heavy atom. The molecule has 1 aromatic carbocycles. The van der Waals surface area contributed by atoms with Gasteiger partial charge in [-0.25, -0.2) is 0 Å². The summed E-state index contributed by atoms with van der Waals surface area (Å²) in [5.41, 5.74) is 0.692. The second-order valence-electron chi connectivity index (χ2n) is 5.24. The maximum absolute atomic E-state index is 10.5. The number of aldehydes is 1. The fourth-order valence-electron chi connectivity index (χ4n) is 2.58. The van der Waals surface area contributed by atoms with Crippen molar-refractivity contribution in [3.63, 3.8) is 0 Å². The molecule has 1 aliphatic heterocycles. The number of rotatable bonds is 5. The summed E-state index contributed by atoms with van der Waals surface area (Å²) in [7, 11) is 0. The van der Waals surface area contributed by atoms with Crippen molar-refractivity contribution in [3.05, 3.63) is 29.8 Å². The number of hydrogen-bond donors (Lipinski definition) is 1. The molecule has 0 bridgehead atoms. The molecule has 2 rings (SSSR count). The van der Waals surface area contributed by atoms with E-state index in [1.165, 1.54) is 25.9 Å². The first-order valence-corrected chi connectivity index (χ1v) is 6.79. The van der Waals surface area contributed by atoms with Crippen LogP contribution in [0.4, 0.5) is 0 Å². The molecule has 2 atom stereocenters. The van der Waals surface area contributed by atoms with Crippen LogP contribution in [0.25, 0.3) is 0 Å². The molecular formula is C15H22NO2+. The Labute approximate surface area is 109 Å². The largest absolute Gasteiger partial charge is 0.488 e. The van der Waals surface area contributed by atoms with Gasteiger partial charge in [0.2, 0.25) is 0 Å². The van der Waals surface area contributed by atoms with Gasteiger partial charge in [-0.05, 0) is 37.1 Å². The van der Waals surface area contributed by atoms with Gasteiger partial charge in [0, 0.05) is 11.5 Å². The Morgan fingerprint density at radius 3 is 2.83 bits per heavy atom. The van der Waals surface area contributed by atoms with Crippen LogP contribution >= 0.6 is 0 Å². The van der Waals surface area contributed by atoms with Crippen molar-refractivity contribution >= 4 is 6.29 Å². The number of nitrogens with one attached hydrogen (secondary N) is 1. The molecular weight excluding hydrogens is 226 g/mol. The molecule has 1 saturated heterocycles. The Morgan fingerprint density at radius 2 is 2.17 bits per heavy atom. The molecule has 1 aliphatic rings.